The predicted molar refractivity (Wildman–Crippen MR) is 85.9 cm³/mol. The molecule has 0 aliphatic carbocycles. The topological polar surface area (TPSA) is 50.3 Å². The van der Waals surface area contributed by atoms with Crippen molar-refractivity contribution in [1.82, 2.24) is 14.9 Å². The monoisotopic (exact) mass is 298 g/mol. The Hall–Kier alpha value is -1.01. The molecule has 5 nitrogen and oxygen atoms in total. The van der Waals surface area contributed by atoms with Gasteiger partial charge in [0, 0.05) is 18.2 Å². The molecule has 0 bridgehead atoms. The maximum atomic E-state index is 5.85. The van der Waals surface area contributed by atoms with Crippen LogP contribution >= 0.6 is 11.8 Å². The Morgan fingerprint density at radius 3 is 2.60 bits per heavy atom. The van der Waals surface area contributed by atoms with E-state index in [1.54, 1.807) is 0 Å². The van der Waals surface area contributed by atoms with E-state index in [0.717, 1.165) is 23.9 Å². The number of likely N-dealkylation sites (N-methyl/N-ethyl adjacent to an activating group) is 1. The second kappa shape index (κ2) is 7.69. The first-order chi connectivity index (χ1) is 9.39. The molecule has 0 spiro atoms. The minimum absolute atomic E-state index is 0.0402. The van der Waals surface area contributed by atoms with Crippen molar-refractivity contribution >= 4 is 17.6 Å². The lowest BCUT2D eigenvalue weighted by atomic mass is 10.1. The smallest absolute Gasteiger partial charge is 0.219 e. The lowest BCUT2D eigenvalue weighted by molar-refractivity contribution is 0.110. The highest BCUT2D eigenvalue weighted by molar-refractivity contribution is 7.98. The van der Waals surface area contributed by atoms with Gasteiger partial charge in [-0.15, -0.1) is 0 Å². The fourth-order valence-corrected chi connectivity index (χ4v) is 1.66. The van der Waals surface area contributed by atoms with Crippen LogP contribution in [0.4, 0.5) is 5.82 Å². The molecule has 0 saturated carbocycles. The zero-order chi connectivity index (χ0) is 15.2. The summed E-state index contributed by atoms with van der Waals surface area (Å²) in [4.78, 5) is 11.0. The van der Waals surface area contributed by atoms with Gasteiger partial charge in [-0.2, -0.15) is 4.98 Å². The van der Waals surface area contributed by atoms with E-state index in [0.29, 0.717) is 12.5 Å². The van der Waals surface area contributed by atoms with Crippen LogP contribution in [0.15, 0.2) is 11.2 Å². The van der Waals surface area contributed by atoms with E-state index in [1.807, 2.05) is 26.4 Å². The van der Waals surface area contributed by atoms with Gasteiger partial charge in [0.1, 0.15) is 12.4 Å². The lowest BCUT2D eigenvalue weighted by Gasteiger charge is -2.31. The summed E-state index contributed by atoms with van der Waals surface area (Å²) in [6, 6.07) is 1.86. The Kier molecular flexibility index (Phi) is 6.55. The molecule has 0 unspecified atom stereocenters. The SMILES string of the molecule is CCCNc1cc(OCC(C)(C)N(C)C)nc(SC)n1. The highest BCUT2D eigenvalue weighted by Gasteiger charge is 2.21. The van der Waals surface area contributed by atoms with E-state index in [9.17, 15) is 0 Å². The second-order valence-corrected chi connectivity index (χ2v) is 6.27. The van der Waals surface area contributed by atoms with E-state index < -0.39 is 0 Å². The van der Waals surface area contributed by atoms with Gasteiger partial charge in [0.25, 0.3) is 0 Å². The number of hydrogen-bond donors (Lipinski definition) is 1. The fourth-order valence-electron chi connectivity index (χ4n) is 1.29. The van der Waals surface area contributed by atoms with E-state index in [2.05, 4.69) is 41.0 Å². The van der Waals surface area contributed by atoms with Crippen LogP contribution in [-0.4, -0.2) is 53.9 Å². The molecule has 0 aromatic carbocycles. The first-order valence-corrected chi connectivity index (χ1v) is 8.08. The van der Waals surface area contributed by atoms with Gasteiger partial charge in [-0.05, 0) is 40.6 Å². The summed E-state index contributed by atoms with van der Waals surface area (Å²) < 4.78 is 5.85. The van der Waals surface area contributed by atoms with Crippen molar-refractivity contribution < 1.29 is 4.74 Å². The van der Waals surface area contributed by atoms with Crippen molar-refractivity contribution in [3.05, 3.63) is 6.07 Å². The van der Waals surface area contributed by atoms with Gasteiger partial charge in [-0.25, -0.2) is 4.98 Å². The molecule has 1 aromatic rings. The van der Waals surface area contributed by atoms with Crippen LogP contribution in [0.2, 0.25) is 0 Å². The molecule has 20 heavy (non-hydrogen) atoms. The molecular weight excluding hydrogens is 272 g/mol. The molecule has 6 heteroatoms. The summed E-state index contributed by atoms with van der Waals surface area (Å²) in [5, 5.41) is 4.00. The molecule has 0 saturated heterocycles. The summed E-state index contributed by atoms with van der Waals surface area (Å²) in [6.07, 6.45) is 3.02. The Labute approximate surface area is 126 Å². The fraction of sp³-hybridized carbons (Fsp3) is 0.714. The molecule has 1 N–H and O–H groups in total. The molecular formula is C14H26N4OS. The number of rotatable bonds is 8. The molecule has 0 radical (unpaired) electrons. The minimum atomic E-state index is -0.0402. The highest BCUT2D eigenvalue weighted by atomic mass is 32.2. The van der Waals surface area contributed by atoms with Crippen LogP contribution in [0.25, 0.3) is 0 Å². The van der Waals surface area contributed by atoms with Crippen LogP contribution in [0.1, 0.15) is 27.2 Å². The summed E-state index contributed by atoms with van der Waals surface area (Å²) >= 11 is 1.52. The van der Waals surface area contributed by atoms with Gasteiger partial charge >= 0.3 is 0 Å². The Morgan fingerprint density at radius 2 is 2.05 bits per heavy atom. The maximum absolute atomic E-state index is 5.85. The van der Waals surface area contributed by atoms with E-state index in [-0.39, 0.29) is 5.54 Å². The van der Waals surface area contributed by atoms with Crippen molar-refractivity contribution in [3.8, 4) is 5.88 Å². The molecule has 1 heterocycles. The number of ether oxygens (including phenoxy) is 1. The molecule has 1 aromatic heterocycles. The van der Waals surface area contributed by atoms with Crippen LogP contribution in [0, 0.1) is 0 Å². The first kappa shape index (κ1) is 17.0. The average molecular weight is 298 g/mol. The molecule has 0 aliphatic heterocycles. The van der Waals surface area contributed by atoms with Crippen molar-refractivity contribution in [2.45, 2.75) is 37.9 Å². The summed E-state index contributed by atoms with van der Waals surface area (Å²) in [5.74, 6) is 1.45. The first-order valence-electron chi connectivity index (χ1n) is 6.86. The highest BCUT2D eigenvalue weighted by Crippen LogP contribution is 2.20. The predicted octanol–water partition coefficient (Wildman–Crippen LogP) is 2.74. The van der Waals surface area contributed by atoms with Crippen molar-refractivity contribution in [1.29, 1.82) is 0 Å². The van der Waals surface area contributed by atoms with Gasteiger partial charge < -0.3 is 15.0 Å². The Balaban J connectivity index is 2.78. The Morgan fingerprint density at radius 1 is 1.35 bits per heavy atom. The van der Waals surface area contributed by atoms with Gasteiger partial charge in [0.05, 0.1) is 0 Å². The van der Waals surface area contributed by atoms with Crippen molar-refractivity contribution in [2.24, 2.45) is 0 Å². The van der Waals surface area contributed by atoms with Gasteiger partial charge in [-0.3, -0.25) is 0 Å². The molecule has 0 amide bonds. The van der Waals surface area contributed by atoms with Crippen LogP contribution < -0.4 is 10.1 Å². The van der Waals surface area contributed by atoms with E-state index in [4.69, 9.17) is 4.74 Å². The zero-order valence-electron chi connectivity index (χ0n) is 13.4. The molecule has 1 rings (SSSR count). The number of thioether (sulfide) groups is 1. The van der Waals surface area contributed by atoms with Gasteiger partial charge in [0.2, 0.25) is 5.88 Å². The largest absolute Gasteiger partial charge is 0.476 e. The minimum Gasteiger partial charge on any atom is -0.476 e. The molecule has 0 aliphatic rings. The van der Waals surface area contributed by atoms with E-state index in [1.165, 1.54) is 11.8 Å². The third kappa shape index (κ3) is 5.17. The number of nitrogens with zero attached hydrogens (tertiary/aromatic N) is 3. The molecule has 0 fully saturated rings. The van der Waals surface area contributed by atoms with Crippen LogP contribution in [0.5, 0.6) is 5.88 Å². The standard InChI is InChI=1S/C14H26N4OS/c1-7-8-15-11-9-12(17-13(16-11)20-6)19-10-14(2,3)18(4)5/h9H,7-8,10H2,1-6H3,(H,15,16,17). The quantitative estimate of drug-likeness (QED) is 0.588. The van der Waals surface area contributed by atoms with Gasteiger partial charge in [0.15, 0.2) is 5.16 Å². The van der Waals surface area contributed by atoms with Crippen molar-refractivity contribution in [3.63, 3.8) is 0 Å². The molecule has 0 atom stereocenters. The van der Waals surface area contributed by atoms with Crippen LogP contribution in [-0.2, 0) is 0 Å². The number of aromatic nitrogens is 2. The molecule has 114 valence electrons. The van der Waals surface area contributed by atoms with Crippen molar-refractivity contribution in [2.75, 3.05) is 38.8 Å². The zero-order valence-corrected chi connectivity index (χ0v) is 14.2. The third-order valence-corrected chi connectivity index (χ3v) is 3.75. The third-order valence-electron chi connectivity index (χ3n) is 3.20. The summed E-state index contributed by atoms with van der Waals surface area (Å²) in [6.45, 7) is 7.88. The van der Waals surface area contributed by atoms with Crippen LogP contribution in [0.3, 0.4) is 0 Å². The summed E-state index contributed by atoms with van der Waals surface area (Å²) in [7, 11) is 4.09. The number of hydrogen-bond acceptors (Lipinski definition) is 6. The Bertz CT molecular complexity index is 424. The summed E-state index contributed by atoms with van der Waals surface area (Å²) in [5.41, 5.74) is -0.0402. The lowest BCUT2D eigenvalue weighted by Crippen LogP contribution is -2.43. The van der Waals surface area contributed by atoms with Gasteiger partial charge in [-0.1, -0.05) is 18.7 Å². The normalized spacial score (nSPS) is 11.8. The maximum Gasteiger partial charge on any atom is 0.219 e. The second-order valence-electron chi connectivity index (χ2n) is 5.50. The number of anilines is 1. The average Bonchev–Trinajstić information content (AvgIpc) is 2.42. The van der Waals surface area contributed by atoms with E-state index >= 15 is 0 Å². The number of nitrogens with one attached hydrogen (secondary N) is 1.